The SMILES string of the molecule is CC(C)(C)c1ccc(O)c(C(=O)N[C@@H]2CCC[C@@H](N3CCOCC3)[C@@H]2O)c1. The Balaban J connectivity index is 1.71. The Hall–Kier alpha value is -1.63. The fraction of sp³-hybridized carbons (Fsp3) is 0.667. The molecule has 1 amide bonds. The van der Waals surface area contributed by atoms with E-state index >= 15 is 0 Å². The molecule has 0 unspecified atom stereocenters. The molecule has 1 heterocycles. The molecule has 1 aliphatic carbocycles. The van der Waals surface area contributed by atoms with Gasteiger partial charge in [-0.25, -0.2) is 0 Å². The van der Waals surface area contributed by atoms with Gasteiger partial charge in [-0.05, 0) is 42.4 Å². The molecule has 1 aromatic carbocycles. The first-order chi connectivity index (χ1) is 12.8. The molecule has 0 radical (unpaired) electrons. The molecule has 3 rings (SSSR count). The second kappa shape index (κ2) is 8.17. The third-order valence-electron chi connectivity index (χ3n) is 5.76. The minimum Gasteiger partial charge on any atom is -0.507 e. The van der Waals surface area contributed by atoms with E-state index in [1.54, 1.807) is 12.1 Å². The number of rotatable bonds is 3. The molecular weight excluding hydrogens is 344 g/mol. The summed E-state index contributed by atoms with van der Waals surface area (Å²) >= 11 is 0. The average Bonchev–Trinajstić information content (AvgIpc) is 2.63. The van der Waals surface area contributed by atoms with Crippen LogP contribution in [0.3, 0.4) is 0 Å². The van der Waals surface area contributed by atoms with Gasteiger partial charge in [0.25, 0.3) is 5.91 Å². The topological polar surface area (TPSA) is 82.0 Å². The average molecular weight is 376 g/mol. The van der Waals surface area contributed by atoms with Crippen LogP contribution in [0.15, 0.2) is 18.2 Å². The van der Waals surface area contributed by atoms with Crippen LogP contribution in [0.5, 0.6) is 5.75 Å². The second-order valence-corrected chi connectivity index (χ2v) is 8.70. The normalized spacial score (nSPS) is 27.3. The zero-order valence-corrected chi connectivity index (χ0v) is 16.6. The number of aromatic hydroxyl groups is 1. The number of benzene rings is 1. The van der Waals surface area contributed by atoms with Crippen molar-refractivity contribution in [1.82, 2.24) is 10.2 Å². The number of ether oxygens (including phenoxy) is 1. The first-order valence-electron chi connectivity index (χ1n) is 9.91. The van der Waals surface area contributed by atoms with E-state index in [1.165, 1.54) is 0 Å². The summed E-state index contributed by atoms with van der Waals surface area (Å²) in [5, 5.41) is 24.0. The Labute approximate surface area is 161 Å². The van der Waals surface area contributed by atoms with Crippen molar-refractivity contribution in [2.45, 2.75) is 63.6 Å². The van der Waals surface area contributed by atoms with Crippen LogP contribution in [-0.2, 0) is 10.2 Å². The number of hydrogen-bond acceptors (Lipinski definition) is 5. The van der Waals surface area contributed by atoms with Crippen LogP contribution in [0.25, 0.3) is 0 Å². The molecule has 3 N–H and O–H groups in total. The van der Waals surface area contributed by atoms with Crippen molar-refractivity contribution < 1.29 is 19.7 Å². The molecule has 6 heteroatoms. The fourth-order valence-electron chi connectivity index (χ4n) is 4.05. The summed E-state index contributed by atoms with van der Waals surface area (Å²) in [6, 6.07) is 4.90. The maximum absolute atomic E-state index is 12.8. The van der Waals surface area contributed by atoms with Gasteiger partial charge < -0.3 is 20.3 Å². The maximum atomic E-state index is 12.8. The Morgan fingerprint density at radius 3 is 2.59 bits per heavy atom. The zero-order chi connectivity index (χ0) is 19.6. The van der Waals surface area contributed by atoms with Crippen LogP contribution in [0.4, 0.5) is 0 Å². The number of nitrogens with one attached hydrogen (secondary N) is 1. The number of nitrogens with zero attached hydrogens (tertiary/aromatic N) is 1. The lowest BCUT2D eigenvalue weighted by atomic mass is 9.85. The van der Waals surface area contributed by atoms with Crippen molar-refractivity contribution in [1.29, 1.82) is 0 Å². The summed E-state index contributed by atoms with van der Waals surface area (Å²) in [6.07, 6.45) is 2.01. The lowest BCUT2D eigenvalue weighted by molar-refractivity contribution is -0.0459. The van der Waals surface area contributed by atoms with Crippen molar-refractivity contribution in [2.75, 3.05) is 26.3 Å². The third kappa shape index (κ3) is 4.62. The highest BCUT2D eigenvalue weighted by molar-refractivity contribution is 5.97. The summed E-state index contributed by atoms with van der Waals surface area (Å²) in [5.74, 6) is -0.360. The molecular formula is C21H32N2O4. The van der Waals surface area contributed by atoms with E-state index in [-0.39, 0.29) is 34.7 Å². The van der Waals surface area contributed by atoms with Gasteiger partial charge >= 0.3 is 0 Å². The number of amides is 1. The standard InChI is InChI=1S/C21H32N2O4/c1-21(2,3)14-7-8-18(24)15(13-14)20(26)22-16-5-4-6-17(19(16)25)23-9-11-27-12-10-23/h7-8,13,16-17,19,24-25H,4-6,9-12H2,1-3H3,(H,22,26)/t16-,17-,19-/m1/s1. The maximum Gasteiger partial charge on any atom is 0.255 e. The first kappa shape index (κ1) is 20.1. The third-order valence-corrected chi connectivity index (χ3v) is 5.76. The lowest BCUT2D eigenvalue weighted by Gasteiger charge is -2.43. The quantitative estimate of drug-likeness (QED) is 0.752. The van der Waals surface area contributed by atoms with E-state index < -0.39 is 6.10 Å². The molecule has 1 saturated carbocycles. The van der Waals surface area contributed by atoms with E-state index in [4.69, 9.17) is 4.74 Å². The summed E-state index contributed by atoms with van der Waals surface area (Å²) in [4.78, 5) is 15.1. The van der Waals surface area contributed by atoms with Gasteiger partial charge in [-0.3, -0.25) is 9.69 Å². The van der Waals surface area contributed by atoms with E-state index in [1.807, 2.05) is 6.07 Å². The number of aliphatic hydroxyl groups is 1. The van der Waals surface area contributed by atoms with Gasteiger partial charge in [-0.2, -0.15) is 0 Å². The number of aliphatic hydroxyl groups excluding tert-OH is 1. The molecule has 1 saturated heterocycles. The van der Waals surface area contributed by atoms with Crippen LogP contribution in [0, 0.1) is 0 Å². The molecule has 27 heavy (non-hydrogen) atoms. The molecule has 6 nitrogen and oxygen atoms in total. The largest absolute Gasteiger partial charge is 0.507 e. The fourth-order valence-corrected chi connectivity index (χ4v) is 4.05. The highest BCUT2D eigenvalue weighted by Crippen LogP contribution is 2.29. The van der Waals surface area contributed by atoms with Gasteiger partial charge in [0.15, 0.2) is 0 Å². The Kier molecular flexibility index (Phi) is 6.08. The van der Waals surface area contributed by atoms with E-state index in [0.29, 0.717) is 13.2 Å². The highest BCUT2D eigenvalue weighted by Gasteiger charge is 2.37. The molecule has 2 fully saturated rings. The monoisotopic (exact) mass is 376 g/mol. The van der Waals surface area contributed by atoms with Crippen LogP contribution in [0.1, 0.15) is 56.0 Å². The lowest BCUT2D eigenvalue weighted by Crippen LogP contribution is -2.58. The highest BCUT2D eigenvalue weighted by atomic mass is 16.5. The second-order valence-electron chi connectivity index (χ2n) is 8.70. The van der Waals surface area contributed by atoms with Gasteiger partial charge in [0.05, 0.1) is 30.9 Å². The number of carbonyl (C=O) groups is 1. The Bertz CT molecular complexity index is 665. The van der Waals surface area contributed by atoms with Gasteiger partial charge in [0.2, 0.25) is 0 Å². The van der Waals surface area contributed by atoms with Gasteiger partial charge in [0.1, 0.15) is 5.75 Å². The van der Waals surface area contributed by atoms with Crippen molar-refractivity contribution in [3.63, 3.8) is 0 Å². The molecule has 1 aliphatic heterocycles. The molecule has 0 spiro atoms. The van der Waals surface area contributed by atoms with Crippen molar-refractivity contribution in [3.05, 3.63) is 29.3 Å². The minimum atomic E-state index is -0.617. The van der Waals surface area contributed by atoms with Crippen LogP contribution in [-0.4, -0.2) is 65.5 Å². The molecule has 150 valence electrons. The summed E-state index contributed by atoms with van der Waals surface area (Å²) in [5.41, 5.74) is 1.14. The number of phenols is 1. The summed E-state index contributed by atoms with van der Waals surface area (Å²) in [6.45, 7) is 9.21. The number of phenolic OH excluding ortho intramolecular Hbond substituents is 1. The Morgan fingerprint density at radius 2 is 1.93 bits per heavy atom. The molecule has 1 aromatic rings. The summed E-state index contributed by atoms with van der Waals surface area (Å²) in [7, 11) is 0. The van der Waals surface area contributed by atoms with E-state index in [0.717, 1.165) is 37.9 Å². The summed E-state index contributed by atoms with van der Waals surface area (Å²) < 4.78 is 5.41. The van der Waals surface area contributed by atoms with Gasteiger partial charge in [-0.1, -0.05) is 26.8 Å². The number of hydrogen-bond donors (Lipinski definition) is 3. The number of carbonyl (C=O) groups excluding carboxylic acids is 1. The predicted molar refractivity (Wildman–Crippen MR) is 104 cm³/mol. The zero-order valence-electron chi connectivity index (χ0n) is 16.6. The van der Waals surface area contributed by atoms with Crippen LogP contribution in [0.2, 0.25) is 0 Å². The van der Waals surface area contributed by atoms with Crippen molar-refractivity contribution in [2.24, 2.45) is 0 Å². The van der Waals surface area contributed by atoms with Crippen molar-refractivity contribution in [3.8, 4) is 5.75 Å². The predicted octanol–water partition coefficient (Wildman–Crippen LogP) is 2.03. The number of morpholine rings is 1. The van der Waals surface area contributed by atoms with Crippen LogP contribution < -0.4 is 5.32 Å². The van der Waals surface area contributed by atoms with Crippen LogP contribution >= 0.6 is 0 Å². The first-order valence-corrected chi connectivity index (χ1v) is 9.91. The van der Waals surface area contributed by atoms with E-state index in [9.17, 15) is 15.0 Å². The smallest absolute Gasteiger partial charge is 0.255 e. The van der Waals surface area contributed by atoms with Gasteiger partial charge in [0, 0.05) is 19.1 Å². The van der Waals surface area contributed by atoms with Crippen molar-refractivity contribution >= 4 is 5.91 Å². The molecule has 0 aromatic heterocycles. The van der Waals surface area contributed by atoms with E-state index in [2.05, 4.69) is 31.0 Å². The molecule has 0 bridgehead atoms. The molecule has 2 aliphatic rings. The molecule has 3 atom stereocenters. The minimum absolute atomic E-state index is 0.0319. The Morgan fingerprint density at radius 1 is 1.22 bits per heavy atom. The van der Waals surface area contributed by atoms with Gasteiger partial charge in [-0.15, -0.1) is 0 Å².